The molecule has 0 aliphatic carbocycles. The van der Waals surface area contributed by atoms with E-state index in [2.05, 4.69) is 48.5 Å². The van der Waals surface area contributed by atoms with Crippen molar-refractivity contribution in [2.75, 3.05) is 13.2 Å². The normalized spacial score (nSPS) is 21.0. The Hall–Kier alpha value is -2.11. The zero-order valence-electron chi connectivity index (χ0n) is 17.1. The van der Waals surface area contributed by atoms with Crippen LogP contribution < -0.4 is 0 Å². The van der Waals surface area contributed by atoms with Crippen LogP contribution in [0.25, 0.3) is 0 Å². The van der Waals surface area contributed by atoms with Crippen LogP contribution in [-0.2, 0) is 27.4 Å². The van der Waals surface area contributed by atoms with Gasteiger partial charge >= 0.3 is 0 Å². The minimum atomic E-state index is 0.0469. The van der Waals surface area contributed by atoms with Crippen LogP contribution in [0.5, 0.6) is 0 Å². The van der Waals surface area contributed by atoms with Gasteiger partial charge in [-0.15, -0.1) is 0 Å². The van der Waals surface area contributed by atoms with Crippen LogP contribution in [-0.4, -0.2) is 24.8 Å². The molecule has 0 unspecified atom stereocenters. The molecule has 4 heteroatoms. The lowest BCUT2D eigenvalue weighted by atomic mass is 10.0. The highest BCUT2D eigenvalue weighted by Crippen LogP contribution is 2.37. The van der Waals surface area contributed by atoms with Crippen molar-refractivity contribution >= 4 is 11.8 Å². The molecule has 3 nitrogen and oxygen atoms in total. The topological polar surface area (TPSA) is 27.7 Å². The second-order valence-electron chi connectivity index (χ2n) is 7.53. The summed E-state index contributed by atoms with van der Waals surface area (Å²) in [6.45, 7) is 2.50. The molecular formula is C26H28O3S. The standard InChI is InChI=1S/C26H28O3S/c1-4-10-21(11-5-1)17-27-19-23-16-26(30-24-14-8-3-9-15-24)29-25(23)20-28-18-22-12-6-2-7-13-22/h1-15,23,25-26H,16-20H2/t23-,25+,26+/m0/s1. The maximum absolute atomic E-state index is 6.38. The minimum Gasteiger partial charge on any atom is -0.376 e. The summed E-state index contributed by atoms with van der Waals surface area (Å²) in [4.78, 5) is 1.23. The van der Waals surface area contributed by atoms with E-state index >= 15 is 0 Å². The number of ether oxygens (including phenoxy) is 3. The molecule has 0 amide bonds. The van der Waals surface area contributed by atoms with Gasteiger partial charge in [0.05, 0.1) is 32.5 Å². The van der Waals surface area contributed by atoms with Crippen molar-refractivity contribution < 1.29 is 14.2 Å². The first-order chi connectivity index (χ1) is 14.9. The monoisotopic (exact) mass is 420 g/mol. The van der Waals surface area contributed by atoms with Gasteiger partial charge in [-0.25, -0.2) is 0 Å². The van der Waals surface area contributed by atoms with E-state index in [9.17, 15) is 0 Å². The van der Waals surface area contributed by atoms with E-state index in [1.807, 2.05) is 42.5 Å². The van der Waals surface area contributed by atoms with Crippen molar-refractivity contribution in [2.45, 2.75) is 36.1 Å². The summed E-state index contributed by atoms with van der Waals surface area (Å²) in [5.41, 5.74) is 2.51. The summed E-state index contributed by atoms with van der Waals surface area (Å²) < 4.78 is 18.4. The third-order valence-electron chi connectivity index (χ3n) is 5.20. The van der Waals surface area contributed by atoms with Crippen LogP contribution in [0.4, 0.5) is 0 Å². The van der Waals surface area contributed by atoms with Gasteiger partial charge in [-0.2, -0.15) is 0 Å². The van der Waals surface area contributed by atoms with E-state index in [-0.39, 0.29) is 11.5 Å². The van der Waals surface area contributed by atoms with Crippen molar-refractivity contribution in [1.82, 2.24) is 0 Å². The summed E-state index contributed by atoms with van der Waals surface area (Å²) in [5.74, 6) is 0.325. The maximum atomic E-state index is 6.38. The summed E-state index contributed by atoms with van der Waals surface area (Å²) in [5, 5.41) is 0. The van der Waals surface area contributed by atoms with Gasteiger partial charge in [0.25, 0.3) is 0 Å². The van der Waals surface area contributed by atoms with Gasteiger partial charge in [-0.3, -0.25) is 0 Å². The molecular weight excluding hydrogens is 392 g/mol. The highest BCUT2D eigenvalue weighted by molar-refractivity contribution is 7.99. The quantitative estimate of drug-likeness (QED) is 0.405. The van der Waals surface area contributed by atoms with Crippen LogP contribution in [0, 0.1) is 5.92 Å². The van der Waals surface area contributed by atoms with Crippen molar-refractivity contribution in [1.29, 1.82) is 0 Å². The SMILES string of the molecule is c1ccc(COC[C@@H]2C[C@@H](Sc3ccccc3)O[C@@H]2COCc2ccccc2)cc1. The fourth-order valence-electron chi connectivity index (χ4n) is 3.61. The Morgan fingerprint density at radius 3 is 1.83 bits per heavy atom. The summed E-state index contributed by atoms with van der Waals surface area (Å²) in [7, 11) is 0. The first-order valence-electron chi connectivity index (χ1n) is 10.5. The number of hydrogen-bond acceptors (Lipinski definition) is 4. The predicted octanol–water partition coefficient (Wildman–Crippen LogP) is 5.94. The number of hydrogen-bond donors (Lipinski definition) is 0. The fraction of sp³-hybridized carbons (Fsp3) is 0.308. The molecule has 1 aliphatic rings. The molecule has 0 aromatic heterocycles. The molecule has 1 saturated heterocycles. The lowest BCUT2D eigenvalue weighted by molar-refractivity contribution is -0.0281. The Kier molecular flexibility index (Phi) is 7.98. The average molecular weight is 421 g/mol. The molecule has 0 saturated carbocycles. The third kappa shape index (κ3) is 6.44. The Bertz CT molecular complexity index is 804. The van der Waals surface area contributed by atoms with E-state index in [1.54, 1.807) is 11.8 Å². The van der Waals surface area contributed by atoms with Gasteiger partial charge in [0.2, 0.25) is 0 Å². The average Bonchev–Trinajstić information content (AvgIpc) is 3.17. The second-order valence-corrected chi connectivity index (χ2v) is 8.77. The molecule has 156 valence electrons. The molecule has 0 spiro atoms. The highest BCUT2D eigenvalue weighted by atomic mass is 32.2. The van der Waals surface area contributed by atoms with Crippen LogP contribution >= 0.6 is 11.8 Å². The summed E-state index contributed by atoms with van der Waals surface area (Å²) in [6, 6.07) is 31.0. The Morgan fingerprint density at radius 1 is 0.700 bits per heavy atom. The van der Waals surface area contributed by atoms with E-state index in [1.165, 1.54) is 16.0 Å². The van der Waals surface area contributed by atoms with Gasteiger partial charge in [0.1, 0.15) is 5.44 Å². The van der Waals surface area contributed by atoms with Crippen molar-refractivity contribution in [2.24, 2.45) is 5.92 Å². The van der Waals surface area contributed by atoms with Gasteiger partial charge in [-0.1, -0.05) is 90.6 Å². The predicted molar refractivity (Wildman–Crippen MR) is 121 cm³/mol. The number of rotatable bonds is 10. The molecule has 3 atom stereocenters. The summed E-state index contributed by atoms with van der Waals surface area (Å²) >= 11 is 1.79. The molecule has 1 aliphatic heterocycles. The van der Waals surface area contributed by atoms with Gasteiger partial charge in [-0.05, 0) is 29.7 Å². The molecule has 1 fully saturated rings. The van der Waals surface area contributed by atoms with Crippen LogP contribution in [0.15, 0.2) is 95.9 Å². The van der Waals surface area contributed by atoms with Gasteiger partial charge < -0.3 is 14.2 Å². The zero-order valence-corrected chi connectivity index (χ0v) is 17.9. The van der Waals surface area contributed by atoms with Gasteiger partial charge in [0.15, 0.2) is 0 Å². The van der Waals surface area contributed by atoms with E-state index < -0.39 is 0 Å². The molecule has 0 N–H and O–H groups in total. The minimum absolute atomic E-state index is 0.0469. The lowest BCUT2D eigenvalue weighted by Crippen LogP contribution is -2.26. The molecule has 0 bridgehead atoms. The van der Waals surface area contributed by atoms with Crippen molar-refractivity contribution in [3.8, 4) is 0 Å². The van der Waals surface area contributed by atoms with E-state index in [4.69, 9.17) is 14.2 Å². The smallest absolute Gasteiger partial charge is 0.108 e. The molecule has 1 heterocycles. The van der Waals surface area contributed by atoms with Crippen LogP contribution in [0.3, 0.4) is 0 Å². The van der Waals surface area contributed by atoms with Gasteiger partial charge in [0, 0.05) is 10.8 Å². The number of thioether (sulfide) groups is 1. The fourth-order valence-corrected chi connectivity index (χ4v) is 4.77. The Balaban J connectivity index is 1.31. The maximum Gasteiger partial charge on any atom is 0.108 e. The van der Waals surface area contributed by atoms with E-state index in [0.29, 0.717) is 32.3 Å². The van der Waals surface area contributed by atoms with E-state index in [0.717, 1.165) is 6.42 Å². The first kappa shape index (κ1) is 21.1. The highest BCUT2D eigenvalue weighted by Gasteiger charge is 2.36. The zero-order chi connectivity index (χ0) is 20.4. The van der Waals surface area contributed by atoms with Crippen LogP contribution in [0.1, 0.15) is 17.5 Å². The number of benzene rings is 3. The largest absolute Gasteiger partial charge is 0.376 e. The van der Waals surface area contributed by atoms with Crippen molar-refractivity contribution in [3.05, 3.63) is 102 Å². The van der Waals surface area contributed by atoms with Crippen LogP contribution in [0.2, 0.25) is 0 Å². The first-order valence-corrected chi connectivity index (χ1v) is 11.4. The second kappa shape index (κ2) is 11.3. The molecule has 3 aromatic rings. The van der Waals surface area contributed by atoms with Crippen molar-refractivity contribution in [3.63, 3.8) is 0 Å². The lowest BCUT2D eigenvalue weighted by Gasteiger charge is -2.19. The Morgan fingerprint density at radius 2 is 1.23 bits per heavy atom. The summed E-state index contributed by atoms with van der Waals surface area (Å²) in [6.07, 6.45) is 1.01. The molecule has 30 heavy (non-hydrogen) atoms. The molecule has 0 radical (unpaired) electrons. The molecule has 3 aromatic carbocycles. The third-order valence-corrected chi connectivity index (χ3v) is 6.31. The Labute approximate surface area is 183 Å². The molecule has 4 rings (SSSR count).